The number of rotatable bonds is 5. The third kappa shape index (κ3) is 3.84. The van der Waals surface area contributed by atoms with Gasteiger partial charge in [0.25, 0.3) is 0 Å². The minimum Gasteiger partial charge on any atom is -0.486 e. The van der Waals surface area contributed by atoms with Crippen molar-refractivity contribution in [1.82, 2.24) is 15.0 Å². The van der Waals surface area contributed by atoms with Crippen molar-refractivity contribution in [3.05, 3.63) is 35.7 Å². The van der Waals surface area contributed by atoms with E-state index in [0.29, 0.717) is 16.9 Å². The number of hydrogen-bond acceptors (Lipinski definition) is 6. The lowest BCUT2D eigenvalue weighted by atomic mass is 10.0. The Labute approximate surface area is 123 Å². The molecule has 0 fully saturated rings. The van der Waals surface area contributed by atoms with E-state index in [9.17, 15) is 0 Å². The quantitative estimate of drug-likeness (QED) is 0.853. The molecule has 2 aromatic rings. The lowest BCUT2D eigenvalue weighted by molar-refractivity contribution is 0.294. The first-order chi connectivity index (χ1) is 9.58. The van der Waals surface area contributed by atoms with Crippen molar-refractivity contribution in [3.63, 3.8) is 0 Å². The van der Waals surface area contributed by atoms with Gasteiger partial charge in [0.1, 0.15) is 12.4 Å². The molecule has 1 heterocycles. The highest BCUT2D eigenvalue weighted by molar-refractivity contribution is 7.98. The molecule has 0 amide bonds. The summed E-state index contributed by atoms with van der Waals surface area (Å²) in [5.74, 6) is 2.06. The highest BCUT2D eigenvalue weighted by Gasteiger charge is 2.05. The van der Waals surface area contributed by atoms with E-state index in [-0.39, 0.29) is 12.6 Å². The molecule has 0 spiro atoms. The standard InChI is InChI=1S/C14H18N4OS/c1-9(2)10-4-6-11(7-5-10)19-8-12-16-13(15)18-14(17-12)20-3/h4-7,9H,8H2,1-3H3,(H2,15,16,17,18). The Morgan fingerprint density at radius 3 is 2.45 bits per heavy atom. The van der Waals surface area contributed by atoms with Crippen LogP contribution in [0.3, 0.4) is 0 Å². The first-order valence-corrected chi connectivity index (χ1v) is 7.58. The van der Waals surface area contributed by atoms with Crippen molar-refractivity contribution in [3.8, 4) is 5.75 Å². The van der Waals surface area contributed by atoms with Crippen LogP contribution in [0.4, 0.5) is 5.95 Å². The average Bonchev–Trinajstić information content (AvgIpc) is 2.45. The Morgan fingerprint density at radius 2 is 1.85 bits per heavy atom. The maximum atomic E-state index is 5.66. The summed E-state index contributed by atoms with van der Waals surface area (Å²) in [5.41, 5.74) is 6.91. The van der Waals surface area contributed by atoms with Crippen LogP contribution in [0.15, 0.2) is 29.4 Å². The lowest BCUT2D eigenvalue weighted by Crippen LogP contribution is -2.07. The van der Waals surface area contributed by atoms with Crippen LogP contribution in [-0.4, -0.2) is 21.2 Å². The molecule has 0 radical (unpaired) electrons. The van der Waals surface area contributed by atoms with Crippen molar-refractivity contribution in [2.45, 2.75) is 31.5 Å². The highest BCUT2D eigenvalue weighted by Crippen LogP contribution is 2.19. The maximum Gasteiger partial charge on any atom is 0.224 e. The predicted octanol–water partition coefficient (Wildman–Crippen LogP) is 2.88. The van der Waals surface area contributed by atoms with E-state index in [0.717, 1.165) is 5.75 Å². The van der Waals surface area contributed by atoms with Crippen molar-refractivity contribution >= 4 is 17.7 Å². The molecule has 0 aliphatic carbocycles. The van der Waals surface area contributed by atoms with E-state index in [4.69, 9.17) is 10.5 Å². The van der Waals surface area contributed by atoms with Crippen molar-refractivity contribution in [2.24, 2.45) is 0 Å². The van der Waals surface area contributed by atoms with Crippen LogP contribution in [0.25, 0.3) is 0 Å². The van der Waals surface area contributed by atoms with E-state index in [1.807, 2.05) is 18.4 Å². The number of ether oxygens (including phenoxy) is 1. The van der Waals surface area contributed by atoms with Crippen LogP contribution in [0, 0.1) is 0 Å². The van der Waals surface area contributed by atoms with Gasteiger partial charge in [-0.3, -0.25) is 0 Å². The smallest absolute Gasteiger partial charge is 0.224 e. The summed E-state index contributed by atoms with van der Waals surface area (Å²) in [6.45, 7) is 4.60. The number of benzene rings is 1. The fraction of sp³-hybridized carbons (Fsp3) is 0.357. The Bertz CT molecular complexity index is 572. The van der Waals surface area contributed by atoms with Gasteiger partial charge in [-0.2, -0.15) is 9.97 Å². The van der Waals surface area contributed by atoms with Gasteiger partial charge in [0, 0.05) is 0 Å². The lowest BCUT2D eigenvalue weighted by Gasteiger charge is -2.09. The van der Waals surface area contributed by atoms with E-state index in [1.165, 1.54) is 17.3 Å². The second-order valence-corrected chi connectivity index (χ2v) is 5.38. The zero-order valence-electron chi connectivity index (χ0n) is 11.8. The van der Waals surface area contributed by atoms with E-state index in [2.05, 4.69) is 40.9 Å². The largest absolute Gasteiger partial charge is 0.486 e. The molecule has 0 unspecified atom stereocenters. The van der Waals surface area contributed by atoms with Crippen molar-refractivity contribution < 1.29 is 4.74 Å². The van der Waals surface area contributed by atoms with Gasteiger partial charge in [0.05, 0.1) is 0 Å². The van der Waals surface area contributed by atoms with Crippen LogP contribution in [-0.2, 0) is 6.61 Å². The molecule has 0 aliphatic rings. The number of nitrogens with zero attached hydrogens (tertiary/aromatic N) is 3. The molecule has 0 bridgehead atoms. The average molecular weight is 290 g/mol. The Balaban J connectivity index is 2.03. The molecule has 5 nitrogen and oxygen atoms in total. The van der Waals surface area contributed by atoms with Gasteiger partial charge in [-0.05, 0) is 29.9 Å². The number of hydrogen-bond donors (Lipinski definition) is 1. The molecule has 0 atom stereocenters. The van der Waals surface area contributed by atoms with Crippen LogP contribution in [0.1, 0.15) is 31.2 Å². The summed E-state index contributed by atoms with van der Waals surface area (Å²) in [6, 6.07) is 8.04. The molecule has 6 heteroatoms. The summed E-state index contributed by atoms with van der Waals surface area (Å²) in [6.07, 6.45) is 1.89. The molecule has 106 valence electrons. The fourth-order valence-corrected chi connectivity index (χ4v) is 2.05. The minimum absolute atomic E-state index is 0.220. The molecule has 2 N–H and O–H groups in total. The molecule has 0 saturated heterocycles. The zero-order valence-corrected chi connectivity index (χ0v) is 12.6. The monoisotopic (exact) mass is 290 g/mol. The van der Waals surface area contributed by atoms with E-state index >= 15 is 0 Å². The Kier molecular flexibility index (Phi) is 4.79. The van der Waals surface area contributed by atoms with Gasteiger partial charge in [-0.25, -0.2) is 4.98 Å². The predicted molar refractivity (Wildman–Crippen MR) is 80.9 cm³/mol. The molecule has 1 aromatic heterocycles. The topological polar surface area (TPSA) is 73.9 Å². The molecular weight excluding hydrogens is 272 g/mol. The van der Waals surface area contributed by atoms with E-state index < -0.39 is 0 Å². The third-order valence-corrected chi connectivity index (χ3v) is 3.32. The number of aromatic nitrogens is 3. The first kappa shape index (κ1) is 14.6. The number of nitrogen functional groups attached to an aromatic ring is 1. The van der Waals surface area contributed by atoms with Gasteiger partial charge in [0.15, 0.2) is 11.0 Å². The van der Waals surface area contributed by atoms with Crippen LogP contribution >= 0.6 is 11.8 Å². The second-order valence-electron chi connectivity index (χ2n) is 4.61. The molecule has 20 heavy (non-hydrogen) atoms. The fourth-order valence-electron chi connectivity index (χ4n) is 1.67. The number of nitrogens with two attached hydrogens (primary N) is 1. The molecule has 0 aliphatic heterocycles. The minimum atomic E-state index is 0.220. The SMILES string of the molecule is CSc1nc(N)nc(COc2ccc(C(C)C)cc2)n1. The number of thioether (sulfide) groups is 1. The maximum absolute atomic E-state index is 5.66. The van der Waals surface area contributed by atoms with Gasteiger partial charge in [0.2, 0.25) is 5.95 Å². The number of anilines is 1. The zero-order chi connectivity index (χ0) is 14.5. The van der Waals surface area contributed by atoms with Gasteiger partial charge >= 0.3 is 0 Å². The van der Waals surface area contributed by atoms with Gasteiger partial charge < -0.3 is 10.5 Å². The molecule has 1 aromatic carbocycles. The second kappa shape index (κ2) is 6.56. The highest BCUT2D eigenvalue weighted by atomic mass is 32.2. The Morgan fingerprint density at radius 1 is 1.15 bits per heavy atom. The summed E-state index contributed by atoms with van der Waals surface area (Å²) in [4.78, 5) is 12.3. The van der Waals surface area contributed by atoms with Crippen LogP contribution in [0.5, 0.6) is 5.75 Å². The summed E-state index contributed by atoms with van der Waals surface area (Å²) in [5, 5.41) is 0.603. The normalized spacial score (nSPS) is 10.8. The summed E-state index contributed by atoms with van der Waals surface area (Å²) < 4.78 is 5.66. The van der Waals surface area contributed by atoms with E-state index in [1.54, 1.807) is 0 Å². The van der Waals surface area contributed by atoms with Gasteiger partial charge in [-0.1, -0.05) is 37.7 Å². The van der Waals surface area contributed by atoms with Crippen molar-refractivity contribution in [2.75, 3.05) is 12.0 Å². The van der Waals surface area contributed by atoms with Crippen molar-refractivity contribution in [1.29, 1.82) is 0 Å². The summed E-state index contributed by atoms with van der Waals surface area (Å²) in [7, 11) is 0. The third-order valence-electron chi connectivity index (χ3n) is 2.78. The van der Waals surface area contributed by atoms with Gasteiger partial charge in [-0.15, -0.1) is 0 Å². The Hall–Kier alpha value is -1.82. The summed E-state index contributed by atoms with van der Waals surface area (Å²) >= 11 is 1.43. The van der Waals surface area contributed by atoms with Crippen LogP contribution in [0.2, 0.25) is 0 Å². The molecule has 2 rings (SSSR count). The first-order valence-electron chi connectivity index (χ1n) is 6.35. The van der Waals surface area contributed by atoms with Crippen LogP contribution < -0.4 is 10.5 Å². The molecular formula is C14H18N4OS. The molecule has 0 saturated carbocycles.